The third-order valence-electron chi connectivity index (χ3n) is 7.93. The van der Waals surface area contributed by atoms with Gasteiger partial charge in [-0.25, -0.2) is 4.39 Å². The molecule has 0 atom stereocenters. The Morgan fingerprint density at radius 3 is 1.98 bits per heavy atom. The molecule has 0 fully saturated rings. The predicted octanol–water partition coefficient (Wildman–Crippen LogP) is 10.0. The average molecular weight is 529 g/mol. The number of furan rings is 1. The highest BCUT2D eigenvalue weighted by atomic mass is 19.1. The molecule has 2 heterocycles. The number of benzene rings is 6. The van der Waals surface area contributed by atoms with E-state index in [4.69, 9.17) is 4.42 Å². The SMILES string of the molecule is N#Cc1cccc(-c2cccc(F)c2-c2ccc3oc4ccccc4c3c2)c1-n1c2ccccc2c2ccccc21. The number of nitriles is 1. The molecular weight excluding hydrogens is 507 g/mol. The first kappa shape index (κ1) is 23.2. The second kappa shape index (κ2) is 8.94. The van der Waals surface area contributed by atoms with E-state index in [0.29, 0.717) is 16.7 Å². The Hall–Kier alpha value is -5.66. The number of para-hydroxylation sites is 4. The fourth-order valence-corrected chi connectivity index (χ4v) is 6.18. The monoisotopic (exact) mass is 528 g/mol. The summed E-state index contributed by atoms with van der Waals surface area (Å²) in [6.45, 7) is 0. The van der Waals surface area contributed by atoms with E-state index in [9.17, 15) is 5.26 Å². The van der Waals surface area contributed by atoms with Crippen LogP contribution in [-0.4, -0.2) is 4.57 Å². The Bertz CT molecular complexity index is 2300. The van der Waals surface area contributed by atoms with E-state index in [-0.39, 0.29) is 5.82 Å². The minimum absolute atomic E-state index is 0.329. The summed E-state index contributed by atoms with van der Waals surface area (Å²) in [4.78, 5) is 0. The molecule has 0 radical (unpaired) electrons. The molecule has 2 aromatic heterocycles. The van der Waals surface area contributed by atoms with Crippen molar-refractivity contribution in [2.45, 2.75) is 0 Å². The molecule has 3 nitrogen and oxygen atoms in total. The molecule has 41 heavy (non-hydrogen) atoms. The van der Waals surface area contributed by atoms with Gasteiger partial charge in [0.15, 0.2) is 0 Å². The highest BCUT2D eigenvalue weighted by Gasteiger charge is 2.22. The van der Waals surface area contributed by atoms with E-state index in [0.717, 1.165) is 60.6 Å². The van der Waals surface area contributed by atoms with Crippen molar-refractivity contribution in [3.8, 4) is 34.0 Å². The van der Waals surface area contributed by atoms with Gasteiger partial charge < -0.3 is 8.98 Å². The second-order valence-corrected chi connectivity index (χ2v) is 10.2. The van der Waals surface area contributed by atoms with Crippen LogP contribution in [-0.2, 0) is 0 Å². The van der Waals surface area contributed by atoms with Crippen molar-refractivity contribution < 1.29 is 8.81 Å². The Labute approximate surface area is 234 Å². The molecule has 0 unspecified atom stereocenters. The first-order chi connectivity index (χ1) is 20.2. The zero-order valence-electron chi connectivity index (χ0n) is 21.8. The van der Waals surface area contributed by atoms with Gasteiger partial charge in [-0.3, -0.25) is 0 Å². The Balaban J connectivity index is 1.46. The third kappa shape index (κ3) is 3.43. The molecule has 4 heteroatoms. The number of aromatic nitrogens is 1. The van der Waals surface area contributed by atoms with Crippen LogP contribution in [0.4, 0.5) is 4.39 Å². The molecule has 6 aromatic carbocycles. The summed E-state index contributed by atoms with van der Waals surface area (Å²) in [5, 5.41) is 14.4. The molecule has 0 amide bonds. The molecule has 0 aliphatic carbocycles. The van der Waals surface area contributed by atoms with E-state index in [2.05, 4.69) is 34.9 Å². The number of hydrogen-bond acceptors (Lipinski definition) is 2. The predicted molar refractivity (Wildman–Crippen MR) is 164 cm³/mol. The number of rotatable bonds is 3. The minimum Gasteiger partial charge on any atom is -0.456 e. The summed E-state index contributed by atoms with van der Waals surface area (Å²) in [6.07, 6.45) is 0. The van der Waals surface area contributed by atoms with Gasteiger partial charge in [-0.1, -0.05) is 84.9 Å². The van der Waals surface area contributed by atoms with Gasteiger partial charge in [-0.05, 0) is 53.6 Å². The maximum Gasteiger partial charge on any atom is 0.135 e. The van der Waals surface area contributed by atoms with Crippen LogP contribution in [0.25, 0.3) is 71.7 Å². The number of halogens is 1. The lowest BCUT2D eigenvalue weighted by Crippen LogP contribution is -2.02. The fourth-order valence-electron chi connectivity index (χ4n) is 6.18. The van der Waals surface area contributed by atoms with Crippen LogP contribution in [0.15, 0.2) is 132 Å². The third-order valence-corrected chi connectivity index (χ3v) is 7.93. The lowest BCUT2D eigenvalue weighted by atomic mass is 9.91. The van der Waals surface area contributed by atoms with Crippen molar-refractivity contribution in [3.63, 3.8) is 0 Å². The summed E-state index contributed by atoms with van der Waals surface area (Å²) in [6, 6.07) is 43.3. The van der Waals surface area contributed by atoms with E-state index in [1.807, 2.05) is 91.0 Å². The van der Waals surface area contributed by atoms with Crippen LogP contribution < -0.4 is 0 Å². The molecule has 0 spiro atoms. The quantitative estimate of drug-likeness (QED) is 0.229. The smallest absolute Gasteiger partial charge is 0.135 e. The highest BCUT2D eigenvalue weighted by molar-refractivity contribution is 6.10. The van der Waals surface area contributed by atoms with Crippen LogP contribution in [0, 0.1) is 17.1 Å². The molecule has 0 N–H and O–H groups in total. The lowest BCUT2D eigenvalue weighted by molar-refractivity contribution is 0.631. The van der Waals surface area contributed by atoms with Crippen LogP contribution in [0.2, 0.25) is 0 Å². The summed E-state index contributed by atoms with van der Waals surface area (Å²) in [5.74, 6) is -0.329. The molecular formula is C37H21FN2O. The van der Waals surface area contributed by atoms with Gasteiger partial charge in [-0.2, -0.15) is 5.26 Å². The minimum atomic E-state index is -0.329. The molecule has 8 aromatic rings. The van der Waals surface area contributed by atoms with Gasteiger partial charge in [-0.15, -0.1) is 0 Å². The number of hydrogen-bond donors (Lipinski definition) is 0. The van der Waals surface area contributed by atoms with Crippen LogP contribution in [0.5, 0.6) is 0 Å². The molecule has 0 aliphatic rings. The van der Waals surface area contributed by atoms with Crippen molar-refractivity contribution in [2.75, 3.05) is 0 Å². The molecule has 0 bridgehead atoms. The van der Waals surface area contributed by atoms with Gasteiger partial charge in [0.1, 0.15) is 23.1 Å². The summed E-state index contributed by atoms with van der Waals surface area (Å²) < 4.78 is 24.1. The molecule has 0 aliphatic heterocycles. The largest absolute Gasteiger partial charge is 0.456 e. The van der Waals surface area contributed by atoms with E-state index >= 15 is 4.39 Å². The van der Waals surface area contributed by atoms with Gasteiger partial charge in [0.25, 0.3) is 0 Å². The zero-order chi connectivity index (χ0) is 27.5. The van der Waals surface area contributed by atoms with Gasteiger partial charge in [0.2, 0.25) is 0 Å². The van der Waals surface area contributed by atoms with E-state index in [1.54, 1.807) is 6.07 Å². The van der Waals surface area contributed by atoms with E-state index < -0.39 is 0 Å². The highest BCUT2D eigenvalue weighted by Crippen LogP contribution is 2.42. The van der Waals surface area contributed by atoms with Crippen molar-refractivity contribution in [1.82, 2.24) is 4.57 Å². The Kier molecular flexibility index (Phi) is 5.07. The first-order valence-corrected chi connectivity index (χ1v) is 13.4. The van der Waals surface area contributed by atoms with Gasteiger partial charge in [0, 0.05) is 32.7 Å². The Morgan fingerprint density at radius 1 is 0.585 bits per heavy atom. The molecule has 192 valence electrons. The lowest BCUT2D eigenvalue weighted by Gasteiger charge is -2.18. The van der Waals surface area contributed by atoms with Crippen molar-refractivity contribution in [1.29, 1.82) is 5.26 Å². The maximum atomic E-state index is 15.9. The topological polar surface area (TPSA) is 41.9 Å². The first-order valence-electron chi connectivity index (χ1n) is 13.4. The molecule has 8 rings (SSSR count). The van der Waals surface area contributed by atoms with Crippen molar-refractivity contribution in [2.24, 2.45) is 0 Å². The molecule has 0 saturated heterocycles. The summed E-state index contributed by atoms with van der Waals surface area (Å²) >= 11 is 0. The second-order valence-electron chi connectivity index (χ2n) is 10.2. The van der Waals surface area contributed by atoms with Crippen LogP contribution in [0.1, 0.15) is 5.56 Å². The standard InChI is InChI=1S/C37H21FN2O/c38-31-15-8-13-28(36(31)23-19-20-35-30(21-23)27-12-3-6-18-34(27)41-35)29-14-7-9-24(22-39)37(29)40-32-16-4-1-10-25(32)26-11-2-5-17-33(26)40/h1-21H. The van der Waals surface area contributed by atoms with Gasteiger partial charge >= 0.3 is 0 Å². The fraction of sp³-hybridized carbons (Fsp3) is 0. The number of nitrogens with zero attached hydrogens (tertiary/aromatic N) is 2. The average Bonchev–Trinajstić information content (AvgIpc) is 3.56. The van der Waals surface area contributed by atoms with Crippen molar-refractivity contribution in [3.05, 3.63) is 139 Å². The zero-order valence-corrected chi connectivity index (χ0v) is 21.8. The molecule has 0 saturated carbocycles. The normalized spacial score (nSPS) is 11.5. The van der Waals surface area contributed by atoms with E-state index in [1.165, 1.54) is 6.07 Å². The Morgan fingerprint density at radius 2 is 1.22 bits per heavy atom. The summed E-state index contributed by atoms with van der Waals surface area (Å²) in [7, 11) is 0. The number of fused-ring (bicyclic) bond motifs is 6. The van der Waals surface area contributed by atoms with Gasteiger partial charge in [0.05, 0.1) is 22.3 Å². The van der Waals surface area contributed by atoms with Crippen LogP contribution >= 0.6 is 0 Å². The maximum absolute atomic E-state index is 15.9. The summed E-state index contributed by atoms with van der Waals surface area (Å²) in [5.41, 5.74) is 7.49. The van der Waals surface area contributed by atoms with Crippen molar-refractivity contribution >= 4 is 43.7 Å². The van der Waals surface area contributed by atoms with Crippen LogP contribution in [0.3, 0.4) is 0 Å².